The molecule has 1 heterocycles. The van der Waals surface area contributed by atoms with E-state index in [-0.39, 0.29) is 0 Å². The van der Waals surface area contributed by atoms with E-state index in [4.69, 9.17) is 4.74 Å². The van der Waals surface area contributed by atoms with Gasteiger partial charge in [0.15, 0.2) is 5.96 Å². The average molecular weight is 290 g/mol. The number of hydrogen-bond donors (Lipinski definition) is 1. The maximum atomic E-state index is 5.06. The largest absolute Gasteiger partial charge is 0.383 e. The first-order valence-corrected chi connectivity index (χ1v) is 7.54. The summed E-state index contributed by atoms with van der Waals surface area (Å²) in [6.45, 7) is 6.70. The molecule has 0 saturated carbocycles. The van der Waals surface area contributed by atoms with Crippen molar-refractivity contribution < 1.29 is 4.74 Å². The molecule has 0 bridgehead atoms. The summed E-state index contributed by atoms with van der Waals surface area (Å²) in [6, 6.07) is 10.7. The van der Waals surface area contributed by atoms with Crippen molar-refractivity contribution in [1.82, 2.24) is 15.1 Å². The van der Waals surface area contributed by atoms with Gasteiger partial charge in [-0.2, -0.15) is 0 Å². The molecule has 1 aromatic carbocycles. The predicted molar refractivity (Wildman–Crippen MR) is 86.5 cm³/mol. The number of hydrogen-bond acceptors (Lipinski definition) is 3. The van der Waals surface area contributed by atoms with Gasteiger partial charge in [0.05, 0.1) is 6.61 Å². The second-order valence-electron chi connectivity index (χ2n) is 5.22. The molecule has 0 unspecified atom stereocenters. The van der Waals surface area contributed by atoms with Crippen molar-refractivity contribution in [2.45, 2.75) is 6.54 Å². The van der Waals surface area contributed by atoms with Gasteiger partial charge < -0.3 is 15.0 Å². The van der Waals surface area contributed by atoms with Gasteiger partial charge in [-0.15, -0.1) is 0 Å². The van der Waals surface area contributed by atoms with Crippen molar-refractivity contribution in [3.63, 3.8) is 0 Å². The first kappa shape index (κ1) is 15.8. The van der Waals surface area contributed by atoms with Gasteiger partial charge in [0, 0.05) is 53.4 Å². The number of rotatable bonds is 5. The summed E-state index contributed by atoms with van der Waals surface area (Å²) < 4.78 is 5.06. The van der Waals surface area contributed by atoms with Crippen LogP contribution in [-0.4, -0.2) is 69.2 Å². The molecule has 1 aromatic rings. The first-order chi connectivity index (χ1) is 10.3. The SMILES string of the molecule is CN=C(NCCOC)N1CCN(Cc2ccccc2)CC1. The molecule has 2 rings (SSSR count). The van der Waals surface area contributed by atoms with Gasteiger partial charge in [0.1, 0.15) is 0 Å². The summed E-state index contributed by atoms with van der Waals surface area (Å²) in [7, 11) is 3.55. The standard InChI is InChI=1S/C16H26N4O/c1-17-16(18-8-13-21-2)20-11-9-19(10-12-20)14-15-6-4-3-5-7-15/h3-7H,8-14H2,1-2H3,(H,17,18). The lowest BCUT2D eigenvalue weighted by Gasteiger charge is -2.36. The highest BCUT2D eigenvalue weighted by Gasteiger charge is 2.19. The third kappa shape index (κ3) is 5.02. The lowest BCUT2D eigenvalue weighted by atomic mass is 10.2. The highest BCUT2D eigenvalue weighted by molar-refractivity contribution is 5.79. The molecule has 1 aliphatic rings. The Morgan fingerprint density at radius 1 is 1.19 bits per heavy atom. The maximum absolute atomic E-state index is 5.06. The van der Waals surface area contributed by atoms with Crippen LogP contribution in [-0.2, 0) is 11.3 Å². The van der Waals surface area contributed by atoms with Crippen molar-refractivity contribution in [2.24, 2.45) is 4.99 Å². The van der Waals surface area contributed by atoms with E-state index >= 15 is 0 Å². The molecule has 0 atom stereocenters. The molecule has 5 heteroatoms. The topological polar surface area (TPSA) is 40.1 Å². The summed E-state index contributed by atoms with van der Waals surface area (Å²) in [5.74, 6) is 0.978. The number of benzene rings is 1. The Bertz CT molecular complexity index is 427. The molecule has 21 heavy (non-hydrogen) atoms. The zero-order chi connectivity index (χ0) is 14.9. The van der Waals surface area contributed by atoms with Gasteiger partial charge in [-0.05, 0) is 5.56 Å². The smallest absolute Gasteiger partial charge is 0.193 e. The van der Waals surface area contributed by atoms with Crippen molar-refractivity contribution in [3.8, 4) is 0 Å². The van der Waals surface area contributed by atoms with Gasteiger partial charge in [-0.25, -0.2) is 0 Å². The number of ether oxygens (including phenoxy) is 1. The number of nitrogens with one attached hydrogen (secondary N) is 1. The van der Waals surface area contributed by atoms with Crippen LogP contribution in [0.4, 0.5) is 0 Å². The summed E-state index contributed by atoms with van der Waals surface area (Å²) in [5, 5.41) is 3.34. The molecule has 0 spiro atoms. The van der Waals surface area contributed by atoms with E-state index in [1.165, 1.54) is 5.56 Å². The molecule has 5 nitrogen and oxygen atoms in total. The normalized spacial score (nSPS) is 17.0. The van der Waals surface area contributed by atoms with Crippen molar-refractivity contribution in [1.29, 1.82) is 0 Å². The predicted octanol–water partition coefficient (Wildman–Crippen LogP) is 1.03. The zero-order valence-electron chi connectivity index (χ0n) is 13.1. The van der Waals surface area contributed by atoms with E-state index in [9.17, 15) is 0 Å². The fourth-order valence-electron chi connectivity index (χ4n) is 2.56. The van der Waals surface area contributed by atoms with Gasteiger partial charge >= 0.3 is 0 Å². The second kappa shape index (κ2) is 8.64. The minimum atomic E-state index is 0.701. The lowest BCUT2D eigenvalue weighted by molar-refractivity contribution is 0.170. The van der Waals surface area contributed by atoms with E-state index in [1.54, 1.807) is 7.11 Å². The van der Waals surface area contributed by atoms with Gasteiger partial charge in [-0.1, -0.05) is 30.3 Å². The fourth-order valence-corrected chi connectivity index (χ4v) is 2.56. The van der Waals surface area contributed by atoms with Crippen LogP contribution in [0.15, 0.2) is 35.3 Å². The Labute approximate surface area is 127 Å². The molecular weight excluding hydrogens is 264 g/mol. The Morgan fingerprint density at radius 2 is 1.90 bits per heavy atom. The monoisotopic (exact) mass is 290 g/mol. The fraction of sp³-hybridized carbons (Fsp3) is 0.562. The quantitative estimate of drug-likeness (QED) is 0.499. The van der Waals surface area contributed by atoms with Crippen molar-refractivity contribution >= 4 is 5.96 Å². The molecule has 0 aromatic heterocycles. The van der Waals surface area contributed by atoms with Crippen LogP contribution in [0.2, 0.25) is 0 Å². The Morgan fingerprint density at radius 3 is 2.52 bits per heavy atom. The van der Waals surface area contributed by atoms with Crippen molar-refractivity contribution in [2.75, 3.05) is 53.5 Å². The number of guanidine groups is 1. The summed E-state index contributed by atoms with van der Waals surface area (Å²) in [4.78, 5) is 9.16. The molecule has 0 aliphatic carbocycles. The lowest BCUT2D eigenvalue weighted by Crippen LogP contribution is -2.52. The molecular formula is C16H26N4O. The summed E-state index contributed by atoms with van der Waals surface area (Å²) >= 11 is 0. The highest BCUT2D eigenvalue weighted by atomic mass is 16.5. The molecule has 116 valence electrons. The second-order valence-corrected chi connectivity index (χ2v) is 5.22. The van der Waals surface area contributed by atoms with Crippen LogP contribution in [0.5, 0.6) is 0 Å². The maximum Gasteiger partial charge on any atom is 0.193 e. The van der Waals surface area contributed by atoms with Crippen LogP contribution in [0, 0.1) is 0 Å². The van der Waals surface area contributed by atoms with Crippen molar-refractivity contribution in [3.05, 3.63) is 35.9 Å². The highest BCUT2D eigenvalue weighted by Crippen LogP contribution is 2.08. The molecule has 1 fully saturated rings. The van der Waals surface area contributed by atoms with Gasteiger partial charge in [0.25, 0.3) is 0 Å². The van der Waals surface area contributed by atoms with Gasteiger partial charge in [0.2, 0.25) is 0 Å². The Kier molecular flexibility index (Phi) is 6.50. The minimum Gasteiger partial charge on any atom is -0.383 e. The van der Waals surface area contributed by atoms with Crippen LogP contribution in [0.25, 0.3) is 0 Å². The third-order valence-corrected chi connectivity index (χ3v) is 3.72. The van der Waals surface area contributed by atoms with E-state index in [1.807, 2.05) is 7.05 Å². The number of methoxy groups -OCH3 is 1. The van der Waals surface area contributed by atoms with Crippen LogP contribution in [0.1, 0.15) is 5.56 Å². The minimum absolute atomic E-state index is 0.701. The number of piperazine rings is 1. The molecule has 1 aliphatic heterocycles. The molecule has 0 amide bonds. The average Bonchev–Trinajstić information content (AvgIpc) is 2.54. The summed E-state index contributed by atoms with van der Waals surface area (Å²) in [6.07, 6.45) is 0. The van der Waals surface area contributed by atoms with E-state index < -0.39 is 0 Å². The Balaban J connectivity index is 1.77. The van der Waals surface area contributed by atoms with E-state index in [0.29, 0.717) is 6.61 Å². The molecule has 0 radical (unpaired) electrons. The Hall–Kier alpha value is -1.59. The van der Waals surface area contributed by atoms with E-state index in [2.05, 4.69) is 50.4 Å². The number of aliphatic imine (C=N–C) groups is 1. The molecule has 1 saturated heterocycles. The number of nitrogens with zero attached hydrogens (tertiary/aromatic N) is 3. The zero-order valence-corrected chi connectivity index (χ0v) is 13.1. The van der Waals surface area contributed by atoms with E-state index in [0.717, 1.165) is 45.2 Å². The summed E-state index contributed by atoms with van der Waals surface area (Å²) in [5.41, 5.74) is 1.38. The molecule has 1 N–H and O–H groups in total. The van der Waals surface area contributed by atoms with Gasteiger partial charge in [-0.3, -0.25) is 9.89 Å². The first-order valence-electron chi connectivity index (χ1n) is 7.54. The van der Waals surface area contributed by atoms with Crippen LogP contribution in [0.3, 0.4) is 0 Å². The third-order valence-electron chi connectivity index (χ3n) is 3.72. The van der Waals surface area contributed by atoms with Crippen LogP contribution < -0.4 is 5.32 Å². The van der Waals surface area contributed by atoms with Crippen LogP contribution >= 0.6 is 0 Å².